The molecule has 0 fully saturated rings. The molecule has 0 aromatic heterocycles. The Balaban J connectivity index is 4.39. The Morgan fingerprint density at radius 1 is 1.00 bits per heavy atom. The van der Waals surface area contributed by atoms with Crippen molar-refractivity contribution in [2.24, 2.45) is 5.92 Å². The quantitative estimate of drug-likeness (QED) is 0.633. The zero-order valence-electron chi connectivity index (χ0n) is 9.81. The minimum Gasteiger partial charge on any atom is -0.295 e. The Bertz CT molecular complexity index is 259. The predicted octanol–water partition coefficient (Wildman–Crippen LogP) is 2.92. The van der Waals surface area contributed by atoms with Gasteiger partial charge in [-0.1, -0.05) is 13.8 Å². The lowest BCUT2D eigenvalue weighted by Crippen LogP contribution is -2.07. The van der Waals surface area contributed by atoms with Gasteiger partial charge >= 0.3 is 0 Å². The average Bonchev–Trinajstić information content (AvgIpc) is 2.11. The Kier molecular flexibility index (Phi) is 5.36. The maximum Gasteiger partial charge on any atom is 0.158 e. The average molecular weight is 196 g/mol. The van der Waals surface area contributed by atoms with E-state index in [-0.39, 0.29) is 11.6 Å². The van der Waals surface area contributed by atoms with E-state index in [4.69, 9.17) is 0 Å². The SMILES string of the molecule is CC(=O)/C(C)=C(/C)C(=O)CCC(C)C. The fraction of sp³-hybridized carbons (Fsp3) is 0.667. The molecule has 80 valence electrons. The minimum atomic E-state index is -0.0135. The van der Waals surface area contributed by atoms with E-state index in [0.717, 1.165) is 6.42 Å². The topological polar surface area (TPSA) is 34.1 Å². The summed E-state index contributed by atoms with van der Waals surface area (Å²) in [5, 5.41) is 0. The van der Waals surface area contributed by atoms with E-state index in [9.17, 15) is 9.59 Å². The van der Waals surface area contributed by atoms with Crippen LogP contribution >= 0.6 is 0 Å². The maximum atomic E-state index is 11.6. The molecule has 0 N–H and O–H groups in total. The van der Waals surface area contributed by atoms with Crippen LogP contribution in [-0.4, -0.2) is 11.6 Å². The van der Waals surface area contributed by atoms with E-state index in [0.29, 0.717) is 23.5 Å². The highest BCUT2D eigenvalue weighted by molar-refractivity contribution is 6.04. The monoisotopic (exact) mass is 196 g/mol. The van der Waals surface area contributed by atoms with E-state index in [1.54, 1.807) is 13.8 Å². The summed E-state index contributed by atoms with van der Waals surface area (Å²) < 4.78 is 0. The van der Waals surface area contributed by atoms with Crippen LogP contribution in [0, 0.1) is 5.92 Å². The second kappa shape index (κ2) is 5.74. The minimum absolute atomic E-state index is 0.0135. The van der Waals surface area contributed by atoms with Gasteiger partial charge in [0.1, 0.15) is 0 Å². The van der Waals surface area contributed by atoms with Crippen molar-refractivity contribution in [2.45, 2.75) is 47.5 Å². The summed E-state index contributed by atoms with van der Waals surface area (Å²) in [5.74, 6) is 0.621. The number of ketones is 2. The fourth-order valence-corrected chi connectivity index (χ4v) is 1.08. The van der Waals surface area contributed by atoms with Crippen LogP contribution in [0.25, 0.3) is 0 Å². The van der Waals surface area contributed by atoms with E-state index in [2.05, 4.69) is 13.8 Å². The third-order valence-corrected chi connectivity index (χ3v) is 2.46. The van der Waals surface area contributed by atoms with Gasteiger partial charge in [-0.2, -0.15) is 0 Å². The van der Waals surface area contributed by atoms with Crippen LogP contribution in [0.5, 0.6) is 0 Å². The summed E-state index contributed by atoms with van der Waals surface area (Å²) in [6.45, 7) is 9.12. The summed E-state index contributed by atoms with van der Waals surface area (Å²) in [6.07, 6.45) is 1.44. The molecule has 2 heteroatoms. The van der Waals surface area contributed by atoms with Gasteiger partial charge in [-0.05, 0) is 44.3 Å². The molecule has 0 spiro atoms. The predicted molar refractivity (Wildman–Crippen MR) is 58.1 cm³/mol. The lowest BCUT2D eigenvalue weighted by molar-refractivity contribution is -0.117. The Morgan fingerprint density at radius 3 is 1.86 bits per heavy atom. The van der Waals surface area contributed by atoms with Crippen LogP contribution in [0.2, 0.25) is 0 Å². The zero-order chi connectivity index (χ0) is 11.3. The summed E-state index contributed by atoms with van der Waals surface area (Å²) in [7, 11) is 0. The third kappa shape index (κ3) is 4.35. The van der Waals surface area contributed by atoms with Crippen molar-refractivity contribution in [3.8, 4) is 0 Å². The van der Waals surface area contributed by atoms with Crippen LogP contribution in [0.3, 0.4) is 0 Å². The molecule has 0 amide bonds. The third-order valence-electron chi connectivity index (χ3n) is 2.46. The summed E-state index contributed by atoms with van der Waals surface area (Å²) in [6, 6.07) is 0. The molecule has 0 atom stereocenters. The number of carbonyl (C=O) groups excluding carboxylic acids is 2. The van der Waals surface area contributed by atoms with Crippen molar-refractivity contribution in [3.05, 3.63) is 11.1 Å². The second-order valence-electron chi connectivity index (χ2n) is 4.16. The maximum absolute atomic E-state index is 11.6. The first-order valence-electron chi connectivity index (χ1n) is 5.07. The van der Waals surface area contributed by atoms with E-state index in [1.807, 2.05) is 0 Å². The number of allylic oxidation sites excluding steroid dienone is 2. The molecular weight excluding hydrogens is 176 g/mol. The molecule has 0 rings (SSSR count). The molecule has 0 unspecified atom stereocenters. The molecule has 0 aliphatic heterocycles. The number of Topliss-reactive ketones (excluding diaryl/α,β-unsaturated/α-hetero) is 2. The van der Waals surface area contributed by atoms with E-state index < -0.39 is 0 Å². The van der Waals surface area contributed by atoms with E-state index >= 15 is 0 Å². The number of carbonyl (C=O) groups is 2. The molecule has 0 saturated carbocycles. The van der Waals surface area contributed by atoms with Crippen molar-refractivity contribution < 1.29 is 9.59 Å². The van der Waals surface area contributed by atoms with Gasteiger partial charge in [-0.15, -0.1) is 0 Å². The molecule has 0 aromatic rings. The molecule has 0 bridgehead atoms. The van der Waals surface area contributed by atoms with Crippen LogP contribution in [-0.2, 0) is 9.59 Å². The summed E-state index contributed by atoms with van der Waals surface area (Å²) in [4.78, 5) is 22.6. The first kappa shape index (κ1) is 13.1. The molecule has 0 aromatic carbocycles. The van der Waals surface area contributed by atoms with Gasteiger partial charge in [0.05, 0.1) is 0 Å². The largest absolute Gasteiger partial charge is 0.295 e. The highest BCUT2D eigenvalue weighted by atomic mass is 16.1. The molecule has 0 aliphatic carbocycles. The lowest BCUT2D eigenvalue weighted by atomic mass is 9.98. The smallest absolute Gasteiger partial charge is 0.158 e. The molecule has 0 radical (unpaired) electrons. The normalized spacial score (nSPS) is 12.7. The van der Waals surface area contributed by atoms with Crippen LogP contribution in [0.15, 0.2) is 11.1 Å². The Hall–Kier alpha value is -0.920. The molecule has 0 aliphatic rings. The Labute approximate surface area is 86.4 Å². The van der Waals surface area contributed by atoms with Crippen molar-refractivity contribution in [1.29, 1.82) is 0 Å². The van der Waals surface area contributed by atoms with Gasteiger partial charge in [0.15, 0.2) is 11.6 Å². The van der Waals surface area contributed by atoms with Gasteiger partial charge in [0.25, 0.3) is 0 Å². The number of rotatable bonds is 5. The molecule has 14 heavy (non-hydrogen) atoms. The standard InChI is InChI=1S/C12H20O2/c1-8(2)6-7-12(14)10(4)9(3)11(5)13/h8H,6-7H2,1-5H3/b10-9-. The van der Waals surface area contributed by atoms with Crippen LogP contribution in [0.4, 0.5) is 0 Å². The second-order valence-corrected chi connectivity index (χ2v) is 4.16. The molecule has 2 nitrogen and oxygen atoms in total. The van der Waals surface area contributed by atoms with Crippen molar-refractivity contribution >= 4 is 11.6 Å². The summed E-state index contributed by atoms with van der Waals surface area (Å²) in [5.41, 5.74) is 1.22. The number of hydrogen-bond donors (Lipinski definition) is 0. The van der Waals surface area contributed by atoms with Gasteiger partial charge in [-0.25, -0.2) is 0 Å². The first-order valence-corrected chi connectivity index (χ1v) is 5.07. The van der Waals surface area contributed by atoms with Gasteiger partial charge in [0, 0.05) is 6.42 Å². The summed E-state index contributed by atoms with van der Waals surface area (Å²) >= 11 is 0. The van der Waals surface area contributed by atoms with Crippen LogP contribution in [0.1, 0.15) is 47.5 Å². The van der Waals surface area contributed by atoms with Crippen molar-refractivity contribution in [3.63, 3.8) is 0 Å². The van der Waals surface area contributed by atoms with Crippen molar-refractivity contribution in [1.82, 2.24) is 0 Å². The Morgan fingerprint density at radius 2 is 1.50 bits per heavy atom. The van der Waals surface area contributed by atoms with Gasteiger partial charge in [-0.3, -0.25) is 9.59 Å². The molecular formula is C12H20O2. The van der Waals surface area contributed by atoms with Gasteiger partial charge < -0.3 is 0 Å². The number of hydrogen-bond acceptors (Lipinski definition) is 2. The lowest BCUT2D eigenvalue weighted by Gasteiger charge is -2.06. The highest BCUT2D eigenvalue weighted by Crippen LogP contribution is 2.12. The fourth-order valence-electron chi connectivity index (χ4n) is 1.08. The zero-order valence-corrected chi connectivity index (χ0v) is 9.81. The first-order chi connectivity index (χ1) is 6.36. The van der Waals surface area contributed by atoms with E-state index in [1.165, 1.54) is 6.92 Å². The van der Waals surface area contributed by atoms with Gasteiger partial charge in [0.2, 0.25) is 0 Å². The highest BCUT2D eigenvalue weighted by Gasteiger charge is 2.10. The van der Waals surface area contributed by atoms with Crippen LogP contribution < -0.4 is 0 Å². The molecule has 0 saturated heterocycles. The van der Waals surface area contributed by atoms with Crippen molar-refractivity contribution in [2.75, 3.05) is 0 Å². The molecule has 0 heterocycles.